The Morgan fingerprint density at radius 1 is 1.17 bits per heavy atom. The normalized spacial score (nSPS) is 15.3. The topological polar surface area (TPSA) is 84.2 Å². The Bertz CT molecular complexity index is 1760. The second-order valence-electron chi connectivity index (χ2n) is 10.8. The van der Waals surface area contributed by atoms with E-state index in [1.165, 1.54) is 6.08 Å². The number of aromatic nitrogens is 4. The van der Waals surface area contributed by atoms with E-state index in [4.69, 9.17) is 16.6 Å². The first-order valence-corrected chi connectivity index (χ1v) is 14.6. The van der Waals surface area contributed by atoms with Gasteiger partial charge in [-0.2, -0.15) is 4.98 Å². The maximum absolute atomic E-state index is 14.2. The summed E-state index contributed by atoms with van der Waals surface area (Å²) in [5, 5.41) is 1.08. The maximum atomic E-state index is 14.2. The third-order valence-electron chi connectivity index (χ3n) is 7.81. The summed E-state index contributed by atoms with van der Waals surface area (Å²) >= 11 is 6.97. The molecule has 0 aliphatic carbocycles. The van der Waals surface area contributed by atoms with Gasteiger partial charge in [0.1, 0.15) is 5.82 Å². The molecule has 1 aliphatic heterocycles. The van der Waals surface area contributed by atoms with Crippen LogP contribution in [-0.4, -0.2) is 56.0 Å². The molecule has 3 aromatic heterocycles. The van der Waals surface area contributed by atoms with Crippen LogP contribution in [-0.2, 0) is 11.2 Å². The summed E-state index contributed by atoms with van der Waals surface area (Å²) in [7, 11) is 0. The SMILES string of the molecule is C=CC(=O)N1CCN(c2nc(=O)n(-c3c(CC)ccnc3C(C)C)c3nc(-c4ccccc4C=C)c(Cl)cc23)[C@@H](C)C1. The largest absolute Gasteiger partial charge is 0.355 e. The van der Waals surface area contributed by atoms with E-state index in [-0.39, 0.29) is 17.9 Å². The van der Waals surface area contributed by atoms with Crippen LogP contribution in [0.5, 0.6) is 0 Å². The zero-order chi connectivity index (χ0) is 30.1. The average Bonchev–Trinajstić information content (AvgIpc) is 2.99. The Morgan fingerprint density at radius 3 is 2.60 bits per heavy atom. The molecule has 0 spiro atoms. The standard InChI is InChI=1S/C33H35ClN6O2/c1-7-22-12-10-11-13-24(22)29-26(34)18-25-31(39-17-16-38(19-21(39)6)27(41)9-3)37-33(42)40(32(25)36-29)30-23(8-2)14-15-35-28(30)20(4)5/h7,9-15,18,20-21H,1,3,8,16-17,19H2,2,4-6H3/t21-/m0/s1. The first-order chi connectivity index (χ1) is 20.2. The molecule has 0 saturated carbocycles. The van der Waals surface area contributed by atoms with Crippen molar-refractivity contribution in [3.8, 4) is 16.9 Å². The highest BCUT2D eigenvalue weighted by molar-refractivity contribution is 6.34. The van der Waals surface area contributed by atoms with Gasteiger partial charge in [0.15, 0.2) is 5.65 Å². The van der Waals surface area contributed by atoms with E-state index in [1.54, 1.807) is 21.7 Å². The molecule has 0 bridgehead atoms. The lowest BCUT2D eigenvalue weighted by Gasteiger charge is -2.40. The van der Waals surface area contributed by atoms with Crippen molar-refractivity contribution in [2.45, 2.75) is 46.1 Å². The number of halogens is 1. The molecular formula is C33H35ClN6O2. The van der Waals surface area contributed by atoms with Crippen LogP contribution in [0.15, 0.2) is 66.6 Å². The summed E-state index contributed by atoms with van der Waals surface area (Å²) in [6.45, 7) is 17.2. The molecule has 1 saturated heterocycles. The number of fused-ring (bicyclic) bond motifs is 1. The Kier molecular flexibility index (Phi) is 8.27. The van der Waals surface area contributed by atoms with Gasteiger partial charge in [-0.05, 0) is 48.6 Å². The fourth-order valence-corrected chi connectivity index (χ4v) is 5.94. The number of piperazine rings is 1. The summed E-state index contributed by atoms with van der Waals surface area (Å²) in [5.41, 5.74) is 4.71. The van der Waals surface area contributed by atoms with Crippen LogP contribution in [0, 0.1) is 0 Å². The van der Waals surface area contributed by atoms with Gasteiger partial charge < -0.3 is 9.80 Å². The Balaban J connectivity index is 1.84. The highest BCUT2D eigenvalue weighted by atomic mass is 35.5. The summed E-state index contributed by atoms with van der Waals surface area (Å²) in [5.74, 6) is 0.433. The van der Waals surface area contributed by atoms with Crippen molar-refractivity contribution in [1.29, 1.82) is 0 Å². The van der Waals surface area contributed by atoms with Crippen molar-refractivity contribution in [3.63, 3.8) is 0 Å². The molecule has 1 aliphatic rings. The molecular weight excluding hydrogens is 548 g/mol. The monoisotopic (exact) mass is 582 g/mol. The predicted octanol–water partition coefficient (Wildman–Crippen LogP) is 6.05. The minimum absolute atomic E-state index is 0.0527. The number of hydrogen-bond acceptors (Lipinski definition) is 6. The smallest absolute Gasteiger partial charge is 0.350 e. The third-order valence-corrected chi connectivity index (χ3v) is 8.10. The second kappa shape index (κ2) is 11.9. The summed E-state index contributed by atoms with van der Waals surface area (Å²) < 4.78 is 1.60. The minimum atomic E-state index is -0.448. The van der Waals surface area contributed by atoms with Crippen LogP contribution in [0.4, 0.5) is 5.82 Å². The number of anilines is 1. The van der Waals surface area contributed by atoms with Crippen LogP contribution in [0.2, 0.25) is 5.02 Å². The molecule has 1 aromatic carbocycles. The van der Waals surface area contributed by atoms with Crippen molar-refractivity contribution < 1.29 is 4.79 Å². The van der Waals surface area contributed by atoms with Gasteiger partial charge in [0.25, 0.3) is 0 Å². The molecule has 1 amide bonds. The van der Waals surface area contributed by atoms with Gasteiger partial charge in [-0.15, -0.1) is 0 Å². The second-order valence-corrected chi connectivity index (χ2v) is 11.2. The number of carbonyl (C=O) groups is 1. The number of nitrogens with zero attached hydrogens (tertiary/aromatic N) is 6. The van der Waals surface area contributed by atoms with Crippen LogP contribution in [0.25, 0.3) is 34.1 Å². The summed E-state index contributed by atoms with van der Waals surface area (Å²) in [6.07, 6.45) is 5.58. The number of benzene rings is 1. The molecule has 216 valence electrons. The number of hydrogen-bond donors (Lipinski definition) is 0. The zero-order valence-corrected chi connectivity index (χ0v) is 25.2. The molecule has 9 heteroatoms. The van der Waals surface area contributed by atoms with E-state index in [0.717, 1.165) is 22.4 Å². The molecule has 0 N–H and O–H groups in total. The average molecular weight is 583 g/mol. The summed E-state index contributed by atoms with van der Waals surface area (Å²) in [4.78, 5) is 44.7. The van der Waals surface area contributed by atoms with E-state index in [1.807, 2.05) is 43.3 Å². The van der Waals surface area contributed by atoms with Crippen molar-refractivity contribution >= 4 is 40.4 Å². The van der Waals surface area contributed by atoms with E-state index in [2.05, 4.69) is 48.8 Å². The number of amides is 1. The maximum Gasteiger partial charge on any atom is 0.355 e. The molecule has 8 nitrogen and oxygen atoms in total. The van der Waals surface area contributed by atoms with Crippen LogP contribution in [0.1, 0.15) is 50.4 Å². The van der Waals surface area contributed by atoms with Crippen molar-refractivity contribution in [2.75, 3.05) is 24.5 Å². The minimum Gasteiger partial charge on any atom is -0.350 e. The van der Waals surface area contributed by atoms with Gasteiger partial charge >= 0.3 is 5.69 Å². The first-order valence-electron chi connectivity index (χ1n) is 14.2. The number of carbonyl (C=O) groups excluding carboxylic acids is 1. The van der Waals surface area contributed by atoms with Crippen molar-refractivity contribution in [3.05, 3.63) is 94.2 Å². The Hall–Kier alpha value is -4.30. The molecule has 4 heterocycles. The van der Waals surface area contributed by atoms with E-state index >= 15 is 0 Å². The van der Waals surface area contributed by atoms with Crippen LogP contribution in [0.3, 0.4) is 0 Å². The number of pyridine rings is 2. The van der Waals surface area contributed by atoms with Gasteiger partial charge in [0.05, 0.1) is 27.5 Å². The molecule has 42 heavy (non-hydrogen) atoms. The lowest BCUT2D eigenvalue weighted by atomic mass is 10.0. The fourth-order valence-electron chi connectivity index (χ4n) is 5.69. The molecule has 4 aromatic rings. The molecule has 0 radical (unpaired) electrons. The van der Waals surface area contributed by atoms with Crippen LogP contribution >= 0.6 is 11.6 Å². The highest BCUT2D eigenvalue weighted by Crippen LogP contribution is 2.36. The highest BCUT2D eigenvalue weighted by Gasteiger charge is 2.30. The van der Waals surface area contributed by atoms with E-state index in [9.17, 15) is 9.59 Å². The Morgan fingerprint density at radius 2 is 1.93 bits per heavy atom. The lowest BCUT2D eigenvalue weighted by Crippen LogP contribution is -2.54. The van der Waals surface area contributed by atoms with Gasteiger partial charge in [-0.3, -0.25) is 9.78 Å². The molecule has 0 unspecified atom stereocenters. The number of rotatable bonds is 7. The lowest BCUT2D eigenvalue weighted by molar-refractivity contribution is -0.126. The van der Waals surface area contributed by atoms with Crippen LogP contribution < -0.4 is 10.6 Å². The first kappa shape index (κ1) is 29.2. The van der Waals surface area contributed by atoms with Gasteiger partial charge in [-0.25, -0.2) is 14.3 Å². The third kappa shape index (κ3) is 5.11. The van der Waals surface area contributed by atoms with E-state index < -0.39 is 5.69 Å². The zero-order valence-electron chi connectivity index (χ0n) is 24.5. The fraction of sp³-hybridized carbons (Fsp3) is 0.303. The molecule has 1 fully saturated rings. The molecule has 5 rings (SSSR count). The van der Waals surface area contributed by atoms with Gasteiger partial charge in [0, 0.05) is 37.4 Å². The summed E-state index contributed by atoms with van der Waals surface area (Å²) in [6, 6.07) is 11.4. The van der Waals surface area contributed by atoms with Crippen molar-refractivity contribution in [2.24, 2.45) is 0 Å². The van der Waals surface area contributed by atoms with E-state index in [0.29, 0.717) is 59.3 Å². The number of aryl methyl sites for hydroxylation is 1. The predicted molar refractivity (Wildman–Crippen MR) is 171 cm³/mol. The van der Waals surface area contributed by atoms with Gasteiger partial charge in [-0.1, -0.05) is 75.9 Å². The Labute approximate surface area is 251 Å². The quantitative estimate of drug-likeness (QED) is 0.247. The van der Waals surface area contributed by atoms with Gasteiger partial charge in [0.2, 0.25) is 5.91 Å². The van der Waals surface area contributed by atoms with Crippen molar-refractivity contribution in [1.82, 2.24) is 24.4 Å². The molecule has 1 atom stereocenters.